The molecule has 6 nitrogen and oxygen atoms in total. The molecule has 1 N–H and O–H groups in total. The summed E-state index contributed by atoms with van der Waals surface area (Å²) < 4.78 is 31.0. The molecule has 23 heavy (non-hydrogen) atoms. The van der Waals surface area contributed by atoms with E-state index in [1.54, 1.807) is 12.0 Å². The van der Waals surface area contributed by atoms with Gasteiger partial charge in [0.05, 0.1) is 12.9 Å². The molecule has 0 aliphatic rings. The van der Waals surface area contributed by atoms with Crippen LogP contribution in [0.3, 0.4) is 0 Å². The van der Waals surface area contributed by atoms with Gasteiger partial charge in [-0.2, -0.15) is 0 Å². The van der Waals surface area contributed by atoms with E-state index in [9.17, 15) is 13.2 Å². The van der Waals surface area contributed by atoms with E-state index in [4.69, 9.17) is 4.74 Å². The largest absolute Gasteiger partial charge is 0.496 e. The first kappa shape index (κ1) is 19.4. The zero-order valence-electron chi connectivity index (χ0n) is 14.0. The number of hydrogen-bond donors (Lipinski definition) is 1. The highest BCUT2D eigenvalue weighted by molar-refractivity contribution is 7.89. The normalized spacial score (nSPS) is 11.3. The molecule has 0 unspecified atom stereocenters. The minimum Gasteiger partial charge on any atom is -0.496 e. The summed E-state index contributed by atoms with van der Waals surface area (Å²) in [6.45, 7) is 4.41. The maximum absolute atomic E-state index is 11.7. The highest BCUT2D eigenvalue weighted by Gasteiger charge is 2.13. The second-order valence-corrected chi connectivity index (χ2v) is 7.21. The van der Waals surface area contributed by atoms with Crippen molar-refractivity contribution in [1.82, 2.24) is 9.62 Å². The monoisotopic (exact) mass is 342 g/mol. The fourth-order valence-electron chi connectivity index (χ4n) is 2.27. The summed E-state index contributed by atoms with van der Waals surface area (Å²) in [5, 5.41) is 0. The van der Waals surface area contributed by atoms with E-state index in [-0.39, 0.29) is 18.2 Å². The lowest BCUT2D eigenvalue weighted by Crippen LogP contribution is -2.39. The van der Waals surface area contributed by atoms with Crippen molar-refractivity contribution in [2.24, 2.45) is 0 Å². The number of carbonyl (C=O) groups is 1. The molecule has 0 spiro atoms. The van der Waals surface area contributed by atoms with Crippen molar-refractivity contribution >= 4 is 15.9 Å². The predicted octanol–water partition coefficient (Wildman–Crippen LogP) is 1.42. The van der Waals surface area contributed by atoms with Crippen LogP contribution in [0.2, 0.25) is 0 Å². The Kier molecular flexibility index (Phi) is 8.05. The zero-order valence-corrected chi connectivity index (χ0v) is 14.9. The quantitative estimate of drug-likeness (QED) is 0.698. The summed E-state index contributed by atoms with van der Waals surface area (Å²) in [5.41, 5.74) is 1.02. The van der Waals surface area contributed by atoms with E-state index in [0.29, 0.717) is 25.9 Å². The van der Waals surface area contributed by atoms with E-state index in [1.807, 2.05) is 31.2 Å². The van der Waals surface area contributed by atoms with Gasteiger partial charge in [0.2, 0.25) is 15.9 Å². The summed E-state index contributed by atoms with van der Waals surface area (Å²) in [6, 6.07) is 7.66. The highest BCUT2D eigenvalue weighted by Crippen LogP contribution is 2.17. The van der Waals surface area contributed by atoms with Crippen LogP contribution in [0.5, 0.6) is 5.75 Å². The molecule has 1 rings (SSSR count). The molecule has 0 atom stereocenters. The maximum Gasteiger partial charge on any atom is 0.219 e. The Balaban J connectivity index is 2.54. The van der Waals surface area contributed by atoms with Crippen molar-refractivity contribution in [3.63, 3.8) is 0 Å². The zero-order chi connectivity index (χ0) is 17.3. The maximum atomic E-state index is 11.7. The minimum atomic E-state index is -3.24. The van der Waals surface area contributed by atoms with Crippen LogP contribution in [0.15, 0.2) is 24.3 Å². The molecule has 0 fully saturated rings. The predicted molar refractivity (Wildman–Crippen MR) is 91.0 cm³/mol. The van der Waals surface area contributed by atoms with Crippen molar-refractivity contribution in [2.45, 2.75) is 26.7 Å². The van der Waals surface area contributed by atoms with E-state index in [2.05, 4.69) is 4.72 Å². The fraction of sp³-hybridized carbons (Fsp3) is 0.562. The van der Waals surface area contributed by atoms with Crippen LogP contribution in [0.1, 0.15) is 25.8 Å². The Morgan fingerprint density at radius 1 is 1.26 bits per heavy atom. The van der Waals surface area contributed by atoms with Gasteiger partial charge < -0.3 is 9.64 Å². The summed E-state index contributed by atoms with van der Waals surface area (Å²) in [4.78, 5) is 13.4. The number of amides is 1. The van der Waals surface area contributed by atoms with Crippen LogP contribution in [-0.4, -0.2) is 51.7 Å². The highest BCUT2D eigenvalue weighted by atomic mass is 32.2. The average molecular weight is 342 g/mol. The van der Waals surface area contributed by atoms with Gasteiger partial charge in [0.1, 0.15) is 5.75 Å². The van der Waals surface area contributed by atoms with Crippen molar-refractivity contribution in [3.8, 4) is 5.75 Å². The third kappa shape index (κ3) is 7.00. The first-order valence-corrected chi connectivity index (χ1v) is 9.39. The molecular formula is C16H26N2O4S. The second-order valence-electron chi connectivity index (χ2n) is 5.28. The Morgan fingerprint density at radius 3 is 2.57 bits per heavy atom. The van der Waals surface area contributed by atoms with E-state index in [0.717, 1.165) is 11.3 Å². The first-order chi connectivity index (χ1) is 10.9. The molecule has 7 heteroatoms. The standard InChI is InChI=1S/C16H26N2O4S/c1-4-13-23(20,21)17-10-12-18(14(2)19)11-9-15-7-5-6-8-16(15)22-3/h5-8,17H,4,9-13H2,1-3H3. The van der Waals surface area contributed by atoms with Gasteiger partial charge in [-0.05, 0) is 24.5 Å². The molecule has 0 aliphatic carbocycles. The average Bonchev–Trinajstić information content (AvgIpc) is 2.50. The van der Waals surface area contributed by atoms with Crippen molar-refractivity contribution in [1.29, 1.82) is 0 Å². The minimum absolute atomic E-state index is 0.0745. The number of carbonyl (C=O) groups excluding carboxylic acids is 1. The van der Waals surface area contributed by atoms with Gasteiger partial charge >= 0.3 is 0 Å². The Morgan fingerprint density at radius 2 is 1.96 bits per heavy atom. The van der Waals surface area contributed by atoms with Gasteiger partial charge in [0.25, 0.3) is 0 Å². The van der Waals surface area contributed by atoms with Gasteiger partial charge in [-0.3, -0.25) is 4.79 Å². The molecule has 1 amide bonds. The number of ether oxygens (including phenoxy) is 1. The molecule has 0 bridgehead atoms. The molecule has 1 aromatic rings. The SMILES string of the molecule is CCCS(=O)(=O)NCCN(CCc1ccccc1OC)C(C)=O. The number of sulfonamides is 1. The summed E-state index contributed by atoms with van der Waals surface area (Å²) in [5.74, 6) is 0.822. The number of rotatable bonds is 10. The van der Waals surface area contributed by atoms with E-state index in [1.165, 1.54) is 6.92 Å². The lowest BCUT2D eigenvalue weighted by atomic mass is 10.1. The van der Waals surface area contributed by atoms with Crippen molar-refractivity contribution in [3.05, 3.63) is 29.8 Å². The lowest BCUT2D eigenvalue weighted by molar-refractivity contribution is -0.128. The van der Waals surface area contributed by atoms with E-state index < -0.39 is 10.0 Å². The molecule has 130 valence electrons. The van der Waals surface area contributed by atoms with Gasteiger partial charge in [0.15, 0.2) is 0 Å². The third-order valence-corrected chi connectivity index (χ3v) is 5.06. The molecule has 0 aliphatic heterocycles. The molecule has 0 saturated heterocycles. The lowest BCUT2D eigenvalue weighted by Gasteiger charge is -2.21. The van der Waals surface area contributed by atoms with Gasteiger partial charge in [-0.1, -0.05) is 25.1 Å². The van der Waals surface area contributed by atoms with Crippen molar-refractivity contribution in [2.75, 3.05) is 32.5 Å². The summed E-state index contributed by atoms with van der Waals surface area (Å²) in [6.07, 6.45) is 1.23. The third-order valence-electron chi connectivity index (χ3n) is 3.47. The number of nitrogens with zero attached hydrogens (tertiary/aromatic N) is 1. The summed E-state index contributed by atoms with van der Waals surface area (Å²) >= 11 is 0. The van der Waals surface area contributed by atoms with Crippen LogP contribution in [-0.2, 0) is 21.2 Å². The molecule has 0 saturated carbocycles. The smallest absolute Gasteiger partial charge is 0.219 e. The van der Waals surface area contributed by atoms with E-state index >= 15 is 0 Å². The van der Waals surface area contributed by atoms with Gasteiger partial charge in [0, 0.05) is 26.6 Å². The Hall–Kier alpha value is -1.60. The molecule has 0 heterocycles. The number of hydrogen-bond acceptors (Lipinski definition) is 4. The Labute approximate surface area is 138 Å². The van der Waals surface area contributed by atoms with Crippen LogP contribution in [0.25, 0.3) is 0 Å². The molecule has 0 radical (unpaired) electrons. The van der Waals surface area contributed by atoms with Crippen LogP contribution in [0.4, 0.5) is 0 Å². The molecule has 0 aromatic heterocycles. The van der Waals surface area contributed by atoms with Crippen LogP contribution < -0.4 is 9.46 Å². The first-order valence-electron chi connectivity index (χ1n) is 7.74. The molecular weight excluding hydrogens is 316 g/mol. The second kappa shape index (κ2) is 9.52. The van der Waals surface area contributed by atoms with Crippen LogP contribution in [0, 0.1) is 0 Å². The Bertz CT molecular complexity index is 602. The number of methoxy groups -OCH3 is 1. The van der Waals surface area contributed by atoms with Gasteiger partial charge in [-0.25, -0.2) is 13.1 Å². The number of nitrogens with one attached hydrogen (secondary N) is 1. The van der Waals surface area contributed by atoms with Gasteiger partial charge in [-0.15, -0.1) is 0 Å². The fourth-order valence-corrected chi connectivity index (χ4v) is 3.35. The number of benzene rings is 1. The molecule has 1 aromatic carbocycles. The summed E-state index contributed by atoms with van der Waals surface area (Å²) in [7, 11) is -1.62. The van der Waals surface area contributed by atoms with Crippen LogP contribution >= 0.6 is 0 Å². The topological polar surface area (TPSA) is 75.7 Å². The number of para-hydroxylation sites is 1. The van der Waals surface area contributed by atoms with Crippen molar-refractivity contribution < 1.29 is 17.9 Å².